The number of hydrogen-bond donors (Lipinski definition) is 0. The van der Waals surface area contributed by atoms with Crippen molar-refractivity contribution < 1.29 is 0 Å². The van der Waals surface area contributed by atoms with Gasteiger partial charge in [0.15, 0.2) is 0 Å². The lowest BCUT2D eigenvalue weighted by atomic mass is 10.1. The zero-order valence-corrected chi connectivity index (χ0v) is 9.71. The monoisotopic (exact) mass is 203 g/mol. The van der Waals surface area contributed by atoms with Crippen LogP contribution in [0.5, 0.6) is 0 Å². The standard InChI is InChI=1S/C14H21N/c1-2-3-4-5-6-13-7-9-14(10-8-13)15-11-12-15/h7-10H,2-6,11-12H2,1H3. The van der Waals surface area contributed by atoms with E-state index < -0.39 is 0 Å². The summed E-state index contributed by atoms with van der Waals surface area (Å²) in [4.78, 5) is 2.39. The van der Waals surface area contributed by atoms with E-state index in [0.29, 0.717) is 0 Å². The predicted octanol–water partition coefficient (Wildman–Crippen LogP) is 3.63. The van der Waals surface area contributed by atoms with Crippen LogP contribution in [-0.2, 0) is 6.42 Å². The molecular weight excluding hydrogens is 182 g/mol. The van der Waals surface area contributed by atoms with Crippen LogP contribution in [0.15, 0.2) is 24.3 Å². The summed E-state index contributed by atoms with van der Waals surface area (Å²) in [7, 11) is 0. The third kappa shape index (κ3) is 3.26. The van der Waals surface area contributed by atoms with Crippen molar-refractivity contribution in [3.05, 3.63) is 29.8 Å². The van der Waals surface area contributed by atoms with E-state index in [2.05, 4.69) is 36.1 Å². The molecule has 0 aliphatic carbocycles. The van der Waals surface area contributed by atoms with E-state index in [1.165, 1.54) is 56.4 Å². The van der Waals surface area contributed by atoms with Crippen LogP contribution in [-0.4, -0.2) is 13.1 Å². The van der Waals surface area contributed by atoms with Crippen LogP contribution in [0.4, 0.5) is 5.69 Å². The second kappa shape index (κ2) is 5.20. The van der Waals surface area contributed by atoms with Crippen LogP contribution in [0, 0.1) is 0 Å². The SMILES string of the molecule is CCCCCCc1ccc(N2CC2)cc1. The van der Waals surface area contributed by atoms with Crippen molar-refractivity contribution in [2.24, 2.45) is 0 Å². The molecule has 82 valence electrons. The molecule has 1 nitrogen and oxygen atoms in total. The first-order chi connectivity index (χ1) is 7.40. The largest absolute Gasteiger partial charge is 0.368 e. The quantitative estimate of drug-likeness (QED) is 0.504. The number of nitrogens with zero attached hydrogens (tertiary/aromatic N) is 1. The van der Waals surface area contributed by atoms with E-state index in [0.717, 1.165) is 0 Å². The maximum Gasteiger partial charge on any atom is 0.0367 e. The maximum atomic E-state index is 2.39. The van der Waals surface area contributed by atoms with Gasteiger partial charge in [-0.25, -0.2) is 0 Å². The first kappa shape index (κ1) is 10.5. The van der Waals surface area contributed by atoms with Gasteiger partial charge >= 0.3 is 0 Å². The van der Waals surface area contributed by atoms with E-state index in [-0.39, 0.29) is 0 Å². The first-order valence-electron chi connectivity index (χ1n) is 6.24. The maximum absolute atomic E-state index is 2.39. The van der Waals surface area contributed by atoms with Crippen molar-refractivity contribution in [3.8, 4) is 0 Å². The summed E-state index contributed by atoms with van der Waals surface area (Å²) >= 11 is 0. The summed E-state index contributed by atoms with van der Waals surface area (Å²) in [6.07, 6.45) is 6.68. The van der Waals surface area contributed by atoms with E-state index in [4.69, 9.17) is 0 Å². The van der Waals surface area contributed by atoms with Crippen LogP contribution in [0.25, 0.3) is 0 Å². The summed E-state index contributed by atoms with van der Waals surface area (Å²) in [6, 6.07) is 9.11. The van der Waals surface area contributed by atoms with Gasteiger partial charge in [-0.15, -0.1) is 0 Å². The van der Waals surface area contributed by atoms with Gasteiger partial charge in [0.1, 0.15) is 0 Å². The fraction of sp³-hybridized carbons (Fsp3) is 0.571. The van der Waals surface area contributed by atoms with Crippen molar-refractivity contribution in [1.82, 2.24) is 0 Å². The van der Waals surface area contributed by atoms with E-state index in [1.807, 2.05) is 0 Å². The lowest BCUT2D eigenvalue weighted by Crippen LogP contribution is -1.91. The highest BCUT2D eigenvalue weighted by Crippen LogP contribution is 2.21. The van der Waals surface area contributed by atoms with Gasteiger partial charge in [0, 0.05) is 18.8 Å². The Morgan fingerprint density at radius 2 is 1.73 bits per heavy atom. The number of benzene rings is 1. The van der Waals surface area contributed by atoms with Crippen molar-refractivity contribution in [3.63, 3.8) is 0 Å². The molecule has 15 heavy (non-hydrogen) atoms. The van der Waals surface area contributed by atoms with Crippen LogP contribution in [0.2, 0.25) is 0 Å². The Hall–Kier alpha value is -0.980. The Kier molecular flexibility index (Phi) is 3.65. The second-order valence-electron chi connectivity index (χ2n) is 4.46. The average molecular weight is 203 g/mol. The Balaban J connectivity index is 1.76. The van der Waals surface area contributed by atoms with Crippen molar-refractivity contribution in [1.29, 1.82) is 0 Å². The minimum Gasteiger partial charge on any atom is -0.368 e. The van der Waals surface area contributed by atoms with E-state index >= 15 is 0 Å². The molecule has 1 aliphatic heterocycles. The predicted molar refractivity (Wildman–Crippen MR) is 66.5 cm³/mol. The van der Waals surface area contributed by atoms with Crippen molar-refractivity contribution in [2.75, 3.05) is 18.0 Å². The van der Waals surface area contributed by atoms with Crippen LogP contribution < -0.4 is 4.90 Å². The highest BCUT2D eigenvalue weighted by atomic mass is 15.3. The fourth-order valence-electron chi connectivity index (χ4n) is 1.94. The summed E-state index contributed by atoms with van der Waals surface area (Å²) in [5, 5.41) is 0. The molecular formula is C14H21N. The molecule has 0 spiro atoms. The molecule has 1 aromatic carbocycles. The minimum atomic E-state index is 1.25. The first-order valence-corrected chi connectivity index (χ1v) is 6.24. The third-order valence-electron chi connectivity index (χ3n) is 3.07. The van der Waals surface area contributed by atoms with Crippen LogP contribution >= 0.6 is 0 Å². The number of hydrogen-bond acceptors (Lipinski definition) is 1. The minimum absolute atomic E-state index is 1.25. The molecule has 0 unspecified atom stereocenters. The smallest absolute Gasteiger partial charge is 0.0367 e. The van der Waals surface area contributed by atoms with Gasteiger partial charge in [0.25, 0.3) is 0 Å². The molecule has 1 heteroatoms. The molecule has 0 aromatic heterocycles. The Morgan fingerprint density at radius 3 is 2.33 bits per heavy atom. The summed E-state index contributed by atoms with van der Waals surface area (Å²) in [5.74, 6) is 0. The van der Waals surface area contributed by atoms with E-state index in [9.17, 15) is 0 Å². The molecule has 1 aromatic rings. The van der Waals surface area contributed by atoms with Gasteiger partial charge in [-0.3, -0.25) is 0 Å². The van der Waals surface area contributed by atoms with Gasteiger partial charge in [0.2, 0.25) is 0 Å². The van der Waals surface area contributed by atoms with Crippen molar-refractivity contribution >= 4 is 5.69 Å². The van der Waals surface area contributed by atoms with Crippen molar-refractivity contribution in [2.45, 2.75) is 39.0 Å². The van der Waals surface area contributed by atoms with Gasteiger partial charge in [-0.05, 0) is 30.5 Å². The molecule has 0 radical (unpaired) electrons. The number of unbranched alkanes of at least 4 members (excludes halogenated alkanes) is 3. The lowest BCUT2D eigenvalue weighted by molar-refractivity contribution is 0.667. The normalized spacial score (nSPS) is 14.3. The number of aryl methyl sites for hydroxylation is 1. The number of anilines is 1. The fourth-order valence-corrected chi connectivity index (χ4v) is 1.94. The zero-order valence-electron chi connectivity index (χ0n) is 9.71. The molecule has 0 N–H and O–H groups in total. The molecule has 0 amide bonds. The second-order valence-corrected chi connectivity index (χ2v) is 4.46. The number of rotatable bonds is 6. The third-order valence-corrected chi connectivity index (χ3v) is 3.07. The van der Waals surface area contributed by atoms with Gasteiger partial charge in [0.05, 0.1) is 0 Å². The highest BCUT2D eigenvalue weighted by molar-refractivity contribution is 5.52. The molecule has 2 rings (SSSR count). The topological polar surface area (TPSA) is 3.01 Å². The van der Waals surface area contributed by atoms with Crippen LogP contribution in [0.1, 0.15) is 38.2 Å². The lowest BCUT2D eigenvalue weighted by Gasteiger charge is -2.04. The molecule has 0 bridgehead atoms. The molecule has 1 aliphatic rings. The average Bonchev–Trinajstić information content (AvgIpc) is 3.09. The van der Waals surface area contributed by atoms with Gasteiger partial charge in [-0.2, -0.15) is 0 Å². The summed E-state index contributed by atoms with van der Waals surface area (Å²) < 4.78 is 0. The Bertz CT molecular complexity index is 285. The summed E-state index contributed by atoms with van der Waals surface area (Å²) in [5.41, 5.74) is 2.89. The van der Waals surface area contributed by atoms with E-state index in [1.54, 1.807) is 0 Å². The Morgan fingerprint density at radius 1 is 1.00 bits per heavy atom. The van der Waals surface area contributed by atoms with Gasteiger partial charge in [-0.1, -0.05) is 38.3 Å². The molecule has 0 saturated carbocycles. The Labute approximate surface area is 93.1 Å². The highest BCUT2D eigenvalue weighted by Gasteiger charge is 2.16. The zero-order chi connectivity index (χ0) is 10.5. The molecule has 0 atom stereocenters. The molecule has 1 fully saturated rings. The van der Waals surface area contributed by atoms with Crippen LogP contribution in [0.3, 0.4) is 0 Å². The molecule has 1 heterocycles. The molecule has 1 saturated heterocycles. The van der Waals surface area contributed by atoms with Gasteiger partial charge < -0.3 is 4.90 Å². The summed E-state index contributed by atoms with van der Waals surface area (Å²) in [6.45, 7) is 4.75.